The highest BCUT2D eigenvalue weighted by Gasteiger charge is 2.05. The smallest absolute Gasteiger partial charge is 0.330 e. The maximum absolute atomic E-state index is 10.7. The Morgan fingerprint density at radius 2 is 1.94 bits per heavy atom. The van der Waals surface area contributed by atoms with E-state index in [2.05, 4.69) is 31.2 Å². The molecule has 0 spiro atoms. The highest BCUT2D eigenvalue weighted by molar-refractivity contribution is 5.85. The van der Waals surface area contributed by atoms with Crippen molar-refractivity contribution in [3.05, 3.63) is 47.0 Å². The molecule has 0 aliphatic carbocycles. The van der Waals surface area contributed by atoms with Gasteiger partial charge in [-0.05, 0) is 31.7 Å². The molecule has 0 aliphatic rings. The van der Waals surface area contributed by atoms with E-state index in [1.54, 1.807) is 6.92 Å². The summed E-state index contributed by atoms with van der Waals surface area (Å²) >= 11 is 0. The molecule has 2 nitrogen and oxygen atoms in total. The summed E-state index contributed by atoms with van der Waals surface area (Å²) in [5.41, 5.74) is 2.90. The fraction of sp³-hybridized carbons (Fsp3) is 0.357. The van der Waals surface area contributed by atoms with Crippen LogP contribution in [0.15, 0.2) is 35.9 Å². The number of hydrogen-bond acceptors (Lipinski definition) is 1. The van der Waals surface area contributed by atoms with Crippen LogP contribution in [0.25, 0.3) is 0 Å². The highest BCUT2D eigenvalue weighted by Crippen LogP contribution is 2.12. The van der Waals surface area contributed by atoms with E-state index < -0.39 is 5.97 Å². The number of aliphatic carboxylic acids is 1. The molecule has 0 unspecified atom stereocenters. The summed E-state index contributed by atoms with van der Waals surface area (Å²) in [4.78, 5) is 10.7. The number of allylic oxidation sites excluding steroid dienone is 1. The van der Waals surface area contributed by atoms with Crippen molar-refractivity contribution in [2.75, 3.05) is 0 Å². The first kappa shape index (κ1) is 12.5. The molecular formula is C14H18O2. The maximum atomic E-state index is 10.7. The van der Waals surface area contributed by atoms with Gasteiger partial charge in [-0.3, -0.25) is 0 Å². The van der Waals surface area contributed by atoms with Gasteiger partial charge in [0.15, 0.2) is 0 Å². The molecule has 1 rings (SSSR count). The van der Waals surface area contributed by atoms with Gasteiger partial charge < -0.3 is 5.11 Å². The Kier molecular flexibility index (Phi) is 4.29. The number of carboxylic acids is 1. The first-order valence-corrected chi connectivity index (χ1v) is 5.46. The highest BCUT2D eigenvalue weighted by atomic mass is 16.4. The number of hydrogen-bond donors (Lipinski definition) is 1. The average Bonchev–Trinajstić information content (AvgIpc) is 2.21. The average molecular weight is 218 g/mol. The zero-order valence-corrected chi connectivity index (χ0v) is 10.0. The predicted octanol–water partition coefficient (Wildman–Crippen LogP) is 3.20. The number of rotatable bonds is 4. The first-order valence-electron chi connectivity index (χ1n) is 5.46. The molecule has 16 heavy (non-hydrogen) atoms. The SMILES string of the molecule is C/C(=C\[C@@H](C)Cc1ccc(C)cc1)C(=O)O. The second-order valence-electron chi connectivity index (χ2n) is 4.32. The van der Waals surface area contributed by atoms with E-state index in [1.807, 2.05) is 13.0 Å². The van der Waals surface area contributed by atoms with Gasteiger partial charge in [-0.2, -0.15) is 0 Å². The minimum absolute atomic E-state index is 0.249. The van der Waals surface area contributed by atoms with Crippen molar-refractivity contribution in [1.29, 1.82) is 0 Å². The predicted molar refractivity (Wildman–Crippen MR) is 65.4 cm³/mol. The van der Waals surface area contributed by atoms with Gasteiger partial charge in [-0.25, -0.2) is 4.79 Å². The van der Waals surface area contributed by atoms with Crippen LogP contribution >= 0.6 is 0 Å². The molecule has 0 aliphatic heterocycles. The van der Waals surface area contributed by atoms with E-state index in [4.69, 9.17) is 5.11 Å². The number of benzene rings is 1. The fourth-order valence-electron chi connectivity index (χ4n) is 1.65. The van der Waals surface area contributed by atoms with Crippen LogP contribution in [0.1, 0.15) is 25.0 Å². The summed E-state index contributed by atoms with van der Waals surface area (Å²) < 4.78 is 0. The standard InChI is InChI=1S/C14H18O2/c1-10-4-6-13(7-5-10)9-11(2)8-12(3)14(15)16/h4-8,11H,9H2,1-3H3,(H,15,16)/b12-8+/t11-/m1/s1. The van der Waals surface area contributed by atoms with Gasteiger partial charge in [0.05, 0.1) is 0 Å². The normalized spacial score (nSPS) is 13.6. The van der Waals surface area contributed by atoms with E-state index >= 15 is 0 Å². The molecule has 0 radical (unpaired) electrons. The molecule has 1 atom stereocenters. The van der Waals surface area contributed by atoms with E-state index in [0.717, 1.165) is 6.42 Å². The lowest BCUT2D eigenvalue weighted by atomic mass is 9.98. The number of carboxylic acid groups (broad SMARTS) is 1. The molecule has 0 amide bonds. The minimum atomic E-state index is -0.837. The van der Waals surface area contributed by atoms with Crippen LogP contribution in [0.3, 0.4) is 0 Å². The molecule has 0 fully saturated rings. The van der Waals surface area contributed by atoms with Crippen molar-refractivity contribution in [2.24, 2.45) is 5.92 Å². The Labute approximate surface area is 96.6 Å². The molecular weight excluding hydrogens is 200 g/mol. The van der Waals surface area contributed by atoms with Gasteiger partial charge >= 0.3 is 5.97 Å². The van der Waals surface area contributed by atoms with Gasteiger partial charge in [0.1, 0.15) is 0 Å². The Hall–Kier alpha value is -1.57. The van der Waals surface area contributed by atoms with Crippen molar-refractivity contribution in [2.45, 2.75) is 27.2 Å². The maximum Gasteiger partial charge on any atom is 0.330 e. The Balaban J connectivity index is 2.64. The van der Waals surface area contributed by atoms with Gasteiger partial charge in [0.2, 0.25) is 0 Å². The summed E-state index contributed by atoms with van der Waals surface area (Å²) in [7, 11) is 0. The van der Waals surface area contributed by atoms with Crippen LogP contribution in [-0.4, -0.2) is 11.1 Å². The molecule has 1 aromatic rings. The minimum Gasteiger partial charge on any atom is -0.478 e. The van der Waals surface area contributed by atoms with Crippen molar-refractivity contribution < 1.29 is 9.90 Å². The summed E-state index contributed by atoms with van der Waals surface area (Å²) in [6.45, 7) is 5.72. The lowest BCUT2D eigenvalue weighted by Gasteiger charge is -2.07. The monoisotopic (exact) mass is 218 g/mol. The van der Waals surface area contributed by atoms with Crippen LogP contribution in [0.2, 0.25) is 0 Å². The Bertz CT molecular complexity index is 388. The summed E-state index contributed by atoms with van der Waals surface area (Å²) in [5.74, 6) is -0.588. The van der Waals surface area contributed by atoms with E-state index in [0.29, 0.717) is 5.57 Å². The van der Waals surface area contributed by atoms with Crippen molar-refractivity contribution in [1.82, 2.24) is 0 Å². The van der Waals surface area contributed by atoms with E-state index in [1.165, 1.54) is 11.1 Å². The van der Waals surface area contributed by atoms with Gasteiger partial charge in [-0.15, -0.1) is 0 Å². The van der Waals surface area contributed by atoms with Crippen LogP contribution in [0, 0.1) is 12.8 Å². The first-order chi connectivity index (χ1) is 7.49. The van der Waals surface area contributed by atoms with Gasteiger partial charge in [0, 0.05) is 5.57 Å². The zero-order chi connectivity index (χ0) is 12.1. The fourth-order valence-corrected chi connectivity index (χ4v) is 1.65. The third-order valence-electron chi connectivity index (χ3n) is 2.55. The third kappa shape index (κ3) is 3.89. The second kappa shape index (κ2) is 5.50. The van der Waals surface area contributed by atoms with Crippen molar-refractivity contribution in [3.8, 4) is 0 Å². The second-order valence-corrected chi connectivity index (χ2v) is 4.32. The molecule has 0 aromatic heterocycles. The lowest BCUT2D eigenvalue weighted by Crippen LogP contribution is -2.02. The van der Waals surface area contributed by atoms with Crippen molar-refractivity contribution >= 4 is 5.97 Å². The quantitative estimate of drug-likeness (QED) is 0.788. The summed E-state index contributed by atoms with van der Waals surface area (Å²) in [6, 6.07) is 8.34. The zero-order valence-electron chi connectivity index (χ0n) is 10.0. The largest absolute Gasteiger partial charge is 0.478 e. The molecule has 1 N–H and O–H groups in total. The third-order valence-corrected chi connectivity index (χ3v) is 2.55. The topological polar surface area (TPSA) is 37.3 Å². The summed E-state index contributed by atoms with van der Waals surface area (Å²) in [5, 5.41) is 8.77. The van der Waals surface area contributed by atoms with Crippen LogP contribution in [-0.2, 0) is 11.2 Å². The Morgan fingerprint density at radius 1 is 1.38 bits per heavy atom. The molecule has 0 heterocycles. The lowest BCUT2D eigenvalue weighted by molar-refractivity contribution is -0.132. The molecule has 0 bridgehead atoms. The summed E-state index contributed by atoms with van der Waals surface area (Å²) in [6.07, 6.45) is 2.69. The molecule has 0 saturated carbocycles. The van der Waals surface area contributed by atoms with Crippen LogP contribution < -0.4 is 0 Å². The molecule has 1 aromatic carbocycles. The van der Waals surface area contributed by atoms with Crippen LogP contribution in [0.5, 0.6) is 0 Å². The van der Waals surface area contributed by atoms with Gasteiger partial charge in [0.25, 0.3) is 0 Å². The number of carbonyl (C=O) groups is 1. The van der Waals surface area contributed by atoms with Crippen LogP contribution in [0.4, 0.5) is 0 Å². The molecule has 2 heteroatoms. The Morgan fingerprint density at radius 3 is 2.44 bits per heavy atom. The van der Waals surface area contributed by atoms with Crippen molar-refractivity contribution in [3.63, 3.8) is 0 Å². The molecule has 0 saturated heterocycles. The number of aryl methyl sites for hydroxylation is 1. The molecule has 86 valence electrons. The van der Waals surface area contributed by atoms with E-state index in [-0.39, 0.29) is 5.92 Å². The van der Waals surface area contributed by atoms with E-state index in [9.17, 15) is 4.79 Å². The van der Waals surface area contributed by atoms with Gasteiger partial charge in [-0.1, -0.05) is 42.8 Å².